The van der Waals surface area contributed by atoms with Crippen molar-refractivity contribution in [1.29, 1.82) is 0 Å². The number of halogens is 9. The maximum Gasteiger partial charge on any atom is 0.417 e. The predicted molar refractivity (Wildman–Crippen MR) is 137 cm³/mol. The highest BCUT2D eigenvalue weighted by Gasteiger charge is 2.37. The molecule has 0 aliphatic rings. The molecule has 0 aliphatic heterocycles. The summed E-state index contributed by atoms with van der Waals surface area (Å²) in [4.78, 5) is 12.5. The van der Waals surface area contributed by atoms with Gasteiger partial charge in [-0.2, -0.15) is 13.2 Å². The molecule has 1 amide bonds. The van der Waals surface area contributed by atoms with E-state index in [1.165, 1.54) is 19.1 Å². The SMILES string of the molecule is CC(CS(=O)(=O)CCF)NC(=O)c1ccc(/C=C/C(c2cc(Cl)c(Cl)c(Cl)c2)C(C)(F)F)cc1C(F)(F)F. The summed E-state index contributed by atoms with van der Waals surface area (Å²) in [6.07, 6.45) is -3.00. The number of hydrogen-bond acceptors (Lipinski definition) is 3. The van der Waals surface area contributed by atoms with E-state index >= 15 is 0 Å². The molecule has 210 valence electrons. The Bertz CT molecular complexity index is 1290. The number of carbonyl (C=O) groups excluding carboxylic acids is 1. The van der Waals surface area contributed by atoms with Gasteiger partial charge in [0, 0.05) is 13.0 Å². The van der Waals surface area contributed by atoms with Crippen LogP contribution in [0.4, 0.5) is 26.3 Å². The van der Waals surface area contributed by atoms with Gasteiger partial charge < -0.3 is 5.32 Å². The zero-order chi connectivity index (χ0) is 29.1. The number of nitrogens with one attached hydrogen (secondary N) is 1. The molecule has 2 aromatic carbocycles. The van der Waals surface area contributed by atoms with Crippen LogP contribution in [0.25, 0.3) is 6.08 Å². The van der Waals surface area contributed by atoms with Gasteiger partial charge in [0.15, 0.2) is 9.84 Å². The number of sulfone groups is 1. The van der Waals surface area contributed by atoms with E-state index in [-0.39, 0.29) is 26.2 Å². The van der Waals surface area contributed by atoms with E-state index in [0.717, 1.165) is 24.3 Å². The number of benzene rings is 2. The highest BCUT2D eigenvalue weighted by Crippen LogP contribution is 2.40. The first-order chi connectivity index (χ1) is 17.4. The fraction of sp³-hybridized carbons (Fsp3) is 0.375. The van der Waals surface area contributed by atoms with E-state index in [1.807, 2.05) is 0 Å². The lowest BCUT2D eigenvalue weighted by atomic mass is 9.92. The number of amides is 1. The molecule has 4 nitrogen and oxygen atoms in total. The van der Waals surface area contributed by atoms with Crippen molar-refractivity contribution in [2.75, 3.05) is 18.2 Å². The Balaban J connectivity index is 2.41. The maximum atomic E-state index is 14.4. The second-order valence-electron chi connectivity index (χ2n) is 8.57. The molecule has 0 fully saturated rings. The average molecular weight is 625 g/mol. The summed E-state index contributed by atoms with van der Waals surface area (Å²) in [7, 11) is -3.87. The summed E-state index contributed by atoms with van der Waals surface area (Å²) in [6.45, 7) is 0.722. The molecule has 14 heteroatoms. The Hall–Kier alpha value is -1.95. The van der Waals surface area contributed by atoms with Crippen molar-refractivity contribution in [3.05, 3.63) is 73.7 Å². The minimum Gasteiger partial charge on any atom is -0.349 e. The second kappa shape index (κ2) is 12.5. The lowest BCUT2D eigenvalue weighted by Crippen LogP contribution is -2.39. The summed E-state index contributed by atoms with van der Waals surface area (Å²) >= 11 is 17.7. The fourth-order valence-corrected chi connectivity index (χ4v) is 5.42. The zero-order valence-corrected chi connectivity index (χ0v) is 22.9. The van der Waals surface area contributed by atoms with E-state index in [0.29, 0.717) is 13.0 Å². The first kappa shape index (κ1) is 32.3. The Morgan fingerprint density at radius 3 is 2.13 bits per heavy atom. The van der Waals surface area contributed by atoms with Gasteiger partial charge in [0.2, 0.25) is 0 Å². The monoisotopic (exact) mass is 623 g/mol. The fourth-order valence-electron chi connectivity index (χ4n) is 3.56. The molecule has 2 unspecified atom stereocenters. The Morgan fingerprint density at radius 2 is 1.63 bits per heavy atom. The highest BCUT2D eigenvalue weighted by molar-refractivity contribution is 7.91. The molecule has 0 saturated heterocycles. The normalized spacial score (nSPS) is 14.5. The molecule has 0 radical (unpaired) electrons. The lowest BCUT2D eigenvalue weighted by Gasteiger charge is -2.22. The third-order valence-corrected chi connectivity index (χ3v) is 8.24. The number of alkyl halides is 6. The minimum absolute atomic E-state index is 0.0307. The smallest absolute Gasteiger partial charge is 0.349 e. The average Bonchev–Trinajstić information content (AvgIpc) is 2.75. The maximum absolute atomic E-state index is 14.4. The van der Waals surface area contributed by atoms with Crippen LogP contribution in [0.1, 0.15) is 46.8 Å². The van der Waals surface area contributed by atoms with Gasteiger partial charge in [-0.3, -0.25) is 4.79 Å². The lowest BCUT2D eigenvalue weighted by molar-refractivity contribution is -0.138. The number of hydrogen-bond donors (Lipinski definition) is 1. The standard InChI is InChI=1S/C24H22Cl3F6NO3S/c1-13(12-38(36,37)8-7-28)34-22(35)16-5-3-14(9-18(16)24(31,32)33)4-6-17(23(2,29)30)15-10-19(25)21(27)20(26)11-15/h3-6,9-11,13,17H,7-8,12H2,1-2H3,(H,34,35)/b6-4+. The molecule has 38 heavy (non-hydrogen) atoms. The molecule has 1 N–H and O–H groups in total. The third kappa shape index (κ3) is 8.79. The van der Waals surface area contributed by atoms with Crippen molar-refractivity contribution in [2.45, 2.75) is 37.9 Å². The van der Waals surface area contributed by atoms with Gasteiger partial charge in [-0.05, 0) is 42.3 Å². The third-order valence-electron chi connectivity index (χ3n) is 5.26. The van der Waals surface area contributed by atoms with E-state index < -0.39 is 69.1 Å². The van der Waals surface area contributed by atoms with Crippen molar-refractivity contribution in [3.8, 4) is 0 Å². The summed E-state index contributed by atoms with van der Waals surface area (Å²) < 4.78 is 106. The molecular weight excluding hydrogens is 603 g/mol. The molecule has 0 aromatic heterocycles. The largest absolute Gasteiger partial charge is 0.417 e. The summed E-state index contributed by atoms with van der Waals surface area (Å²) in [5.74, 6) is -7.68. The quantitative estimate of drug-likeness (QED) is 0.219. The van der Waals surface area contributed by atoms with E-state index in [2.05, 4.69) is 5.32 Å². The molecule has 0 aliphatic carbocycles. The zero-order valence-electron chi connectivity index (χ0n) is 19.9. The molecule has 0 bridgehead atoms. The van der Waals surface area contributed by atoms with E-state index in [4.69, 9.17) is 34.8 Å². The van der Waals surface area contributed by atoms with Crippen LogP contribution in [0.2, 0.25) is 15.1 Å². The molecule has 0 saturated carbocycles. The van der Waals surface area contributed by atoms with Crippen LogP contribution >= 0.6 is 34.8 Å². The summed E-state index contributed by atoms with van der Waals surface area (Å²) in [6, 6.07) is 3.79. The molecule has 2 atom stereocenters. The van der Waals surface area contributed by atoms with Crippen LogP contribution in [0.3, 0.4) is 0 Å². The van der Waals surface area contributed by atoms with Crippen LogP contribution in [-0.4, -0.2) is 44.5 Å². The van der Waals surface area contributed by atoms with Gasteiger partial charge in [-0.25, -0.2) is 21.6 Å². The van der Waals surface area contributed by atoms with Gasteiger partial charge in [-0.1, -0.05) is 53.0 Å². The van der Waals surface area contributed by atoms with Crippen LogP contribution in [-0.2, 0) is 16.0 Å². The van der Waals surface area contributed by atoms with Gasteiger partial charge in [0.1, 0.15) is 6.67 Å². The number of allylic oxidation sites excluding steroid dienone is 1. The first-order valence-corrected chi connectivity index (χ1v) is 13.8. The van der Waals surface area contributed by atoms with Crippen LogP contribution in [0.5, 0.6) is 0 Å². The summed E-state index contributed by atoms with van der Waals surface area (Å²) in [5.41, 5.74) is -2.35. The van der Waals surface area contributed by atoms with E-state index in [1.54, 1.807) is 0 Å². The van der Waals surface area contributed by atoms with Gasteiger partial charge in [-0.15, -0.1) is 0 Å². The Kier molecular flexibility index (Phi) is 10.6. The van der Waals surface area contributed by atoms with Gasteiger partial charge in [0.05, 0.1) is 43.6 Å². The highest BCUT2D eigenvalue weighted by atomic mass is 35.5. The number of rotatable bonds is 10. The van der Waals surface area contributed by atoms with Crippen molar-refractivity contribution in [3.63, 3.8) is 0 Å². The second-order valence-corrected chi connectivity index (χ2v) is 12.0. The molecule has 0 heterocycles. The topological polar surface area (TPSA) is 63.2 Å². The molecule has 2 rings (SSSR count). The van der Waals surface area contributed by atoms with Crippen LogP contribution in [0, 0.1) is 0 Å². The van der Waals surface area contributed by atoms with Crippen LogP contribution in [0.15, 0.2) is 36.4 Å². The minimum atomic E-state index is -5.01. The predicted octanol–water partition coefficient (Wildman–Crippen LogP) is 7.62. The van der Waals surface area contributed by atoms with Crippen molar-refractivity contribution in [1.82, 2.24) is 5.32 Å². The molecule has 2 aromatic rings. The molecule has 0 spiro atoms. The van der Waals surface area contributed by atoms with Gasteiger partial charge in [0.25, 0.3) is 11.8 Å². The van der Waals surface area contributed by atoms with Crippen LogP contribution < -0.4 is 5.32 Å². The van der Waals surface area contributed by atoms with Crippen molar-refractivity contribution in [2.24, 2.45) is 0 Å². The van der Waals surface area contributed by atoms with Gasteiger partial charge >= 0.3 is 6.18 Å². The first-order valence-electron chi connectivity index (χ1n) is 10.8. The Labute approximate surface area is 230 Å². The van der Waals surface area contributed by atoms with Crippen molar-refractivity contribution < 1.29 is 39.6 Å². The van der Waals surface area contributed by atoms with E-state index in [9.17, 15) is 39.6 Å². The Morgan fingerprint density at radius 1 is 1.05 bits per heavy atom. The number of carbonyl (C=O) groups is 1. The van der Waals surface area contributed by atoms with Crippen molar-refractivity contribution >= 4 is 56.6 Å². The summed E-state index contributed by atoms with van der Waals surface area (Å²) in [5, 5.41) is 1.94. The molecular formula is C24H22Cl3F6NO3S.